The van der Waals surface area contributed by atoms with Crippen molar-refractivity contribution in [2.45, 2.75) is 13.5 Å². The maximum Gasteiger partial charge on any atom is 0.122 e. The summed E-state index contributed by atoms with van der Waals surface area (Å²) in [5, 5.41) is 6.47. The molecule has 0 N–H and O–H groups in total. The van der Waals surface area contributed by atoms with Crippen molar-refractivity contribution >= 4 is 22.7 Å². The van der Waals surface area contributed by atoms with Crippen molar-refractivity contribution < 1.29 is 4.74 Å². The monoisotopic (exact) mass is 286 g/mol. The molecule has 0 unspecified atom stereocenters. The van der Waals surface area contributed by atoms with E-state index in [2.05, 4.69) is 47.3 Å². The molecule has 0 saturated carbocycles. The zero-order chi connectivity index (χ0) is 13.1. The van der Waals surface area contributed by atoms with Crippen molar-refractivity contribution in [2.75, 3.05) is 0 Å². The number of ether oxygens (including phenoxy) is 1. The Labute approximate surface area is 121 Å². The van der Waals surface area contributed by atoms with E-state index in [1.807, 2.05) is 12.1 Å². The van der Waals surface area contributed by atoms with Crippen LogP contribution in [0.15, 0.2) is 52.5 Å². The van der Waals surface area contributed by atoms with Crippen LogP contribution in [-0.4, -0.2) is 0 Å². The van der Waals surface area contributed by atoms with E-state index in [9.17, 15) is 0 Å². The second-order valence-electron chi connectivity index (χ2n) is 4.42. The van der Waals surface area contributed by atoms with Gasteiger partial charge < -0.3 is 4.74 Å². The molecule has 96 valence electrons. The molecule has 0 radical (unpaired) electrons. The van der Waals surface area contributed by atoms with Gasteiger partial charge in [-0.2, -0.15) is 11.3 Å². The SMILES string of the molecule is Cc1cccc(OCc2cc(-c3ccsc3)cs2)c1. The van der Waals surface area contributed by atoms with Gasteiger partial charge in [-0.3, -0.25) is 0 Å². The van der Waals surface area contributed by atoms with Crippen LogP contribution >= 0.6 is 22.7 Å². The van der Waals surface area contributed by atoms with E-state index in [4.69, 9.17) is 4.74 Å². The second kappa shape index (κ2) is 5.59. The third kappa shape index (κ3) is 3.06. The molecule has 1 nitrogen and oxygen atoms in total. The van der Waals surface area contributed by atoms with Gasteiger partial charge in [0.25, 0.3) is 0 Å². The van der Waals surface area contributed by atoms with Crippen LogP contribution in [0.1, 0.15) is 10.4 Å². The van der Waals surface area contributed by atoms with Crippen LogP contribution in [-0.2, 0) is 6.61 Å². The standard InChI is InChI=1S/C16H14OS2/c1-12-3-2-4-15(7-12)17-9-16-8-14(11-19-16)13-5-6-18-10-13/h2-8,10-11H,9H2,1H3. The molecule has 0 atom stereocenters. The summed E-state index contributed by atoms with van der Waals surface area (Å²) >= 11 is 3.48. The van der Waals surface area contributed by atoms with Crippen LogP contribution < -0.4 is 4.74 Å². The largest absolute Gasteiger partial charge is 0.488 e. The molecule has 0 amide bonds. The predicted octanol–water partition coefficient (Wildman–Crippen LogP) is 5.36. The van der Waals surface area contributed by atoms with Gasteiger partial charge in [0.2, 0.25) is 0 Å². The fourth-order valence-corrected chi connectivity index (χ4v) is 3.37. The summed E-state index contributed by atoms with van der Waals surface area (Å²) in [7, 11) is 0. The Morgan fingerprint density at radius 2 is 2.00 bits per heavy atom. The summed E-state index contributed by atoms with van der Waals surface area (Å²) in [4.78, 5) is 1.25. The van der Waals surface area contributed by atoms with Gasteiger partial charge in [-0.05, 0) is 64.0 Å². The first kappa shape index (κ1) is 12.5. The minimum Gasteiger partial charge on any atom is -0.488 e. The van der Waals surface area contributed by atoms with Crippen molar-refractivity contribution in [3.8, 4) is 16.9 Å². The molecule has 3 rings (SSSR count). The van der Waals surface area contributed by atoms with Crippen LogP contribution in [0.2, 0.25) is 0 Å². The molecule has 0 aliphatic heterocycles. The topological polar surface area (TPSA) is 9.23 Å². The molecule has 0 fully saturated rings. The van der Waals surface area contributed by atoms with Crippen molar-refractivity contribution in [1.29, 1.82) is 0 Å². The molecule has 3 aromatic rings. The Hall–Kier alpha value is -1.58. The molecule has 0 aliphatic rings. The minimum atomic E-state index is 0.637. The van der Waals surface area contributed by atoms with Crippen LogP contribution in [0.3, 0.4) is 0 Å². The Balaban J connectivity index is 1.68. The van der Waals surface area contributed by atoms with Gasteiger partial charge in [-0.15, -0.1) is 11.3 Å². The number of benzene rings is 1. The molecule has 1 aromatic carbocycles. The van der Waals surface area contributed by atoms with Gasteiger partial charge in [0.05, 0.1) is 0 Å². The minimum absolute atomic E-state index is 0.637. The molecule has 2 heterocycles. The number of aryl methyl sites for hydroxylation is 1. The lowest BCUT2D eigenvalue weighted by atomic mass is 10.2. The number of hydrogen-bond acceptors (Lipinski definition) is 3. The summed E-state index contributed by atoms with van der Waals surface area (Å²) in [5.41, 5.74) is 3.81. The Morgan fingerprint density at radius 3 is 2.79 bits per heavy atom. The van der Waals surface area contributed by atoms with Crippen molar-refractivity contribution in [1.82, 2.24) is 0 Å². The number of thiophene rings is 2. The van der Waals surface area contributed by atoms with Crippen LogP contribution in [0, 0.1) is 6.92 Å². The van der Waals surface area contributed by atoms with Crippen LogP contribution in [0.4, 0.5) is 0 Å². The summed E-state index contributed by atoms with van der Waals surface area (Å²) in [6.07, 6.45) is 0. The molecule has 0 saturated heterocycles. The Kier molecular flexibility index (Phi) is 3.67. The predicted molar refractivity (Wildman–Crippen MR) is 83.1 cm³/mol. The molecule has 0 bridgehead atoms. The lowest BCUT2D eigenvalue weighted by Gasteiger charge is -2.04. The van der Waals surface area contributed by atoms with Gasteiger partial charge in [0.1, 0.15) is 12.4 Å². The highest BCUT2D eigenvalue weighted by Gasteiger charge is 2.04. The fourth-order valence-electron chi connectivity index (χ4n) is 1.90. The lowest BCUT2D eigenvalue weighted by Crippen LogP contribution is -1.92. The molecule has 19 heavy (non-hydrogen) atoms. The summed E-state index contributed by atoms with van der Waals surface area (Å²) < 4.78 is 5.82. The Bertz CT molecular complexity index is 653. The van der Waals surface area contributed by atoms with Gasteiger partial charge in [0, 0.05) is 4.88 Å². The zero-order valence-corrected chi connectivity index (χ0v) is 12.3. The van der Waals surface area contributed by atoms with E-state index in [0.717, 1.165) is 5.75 Å². The number of rotatable bonds is 4. The highest BCUT2D eigenvalue weighted by molar-refractivity contribution is 7.10. The number of hydrogen-bond donors (Lipinski definition) is 0. The summed E-state index contributed by atoms with van der Waals surface area (Å²) in [6, 6.07) is 12.5. The van der Waals surface area contributed by atoms with Crippen molar-refractivity contribution in [2.24, 2.45) is 0 Å². The van der Waals surface area contributed by atoms with E-state index >= 15 is 0 Å². The molecule has 0 spiro atoms. The van der Waals surface area contributed by atoms with Crippen molar-refractivity contribution in [3.63, 3.8) is 0 Å². The van der Waals surface area contributed by atoms with E-state index in [1.165, 1.54) is 21.6 Å². The first-order chi connectivity index (χ1) is 9.31. The summed E-state index contributed by atoms with van der Waals surface area (Å²) in [6.45, 7) is 2.71. The molecular formula is C16H14OS2. The van der Waals surface area contributed by atoms with Gasteiger partial charge in [-0.1, -0.05) is 12.1 Å². The average Bonchev–Trinajstić information content (AvgIpc) is 3.07. The first-order valence-corrected chi connectivity index (χ1v) is 7.93. The quantitative estimate of drug-likeness (QED) is 0.627. The normalized spacial score (nSPS) is 10.6. The first-order valence-electron chi connectivity index (χ1n) is 6.11. The Morgan fingerprint density at radius 1 is 1.05 bits per heavy atom. The third-order valence-electron chi connectivity index (χ3n) is 2.88. The van der Waals surface area contributed by atoms with Gasteiger partial charge in [0.15, 0.2) is 0 Å². The van der Waals surface area contributed by atoms with Crippen LogP contribution in [0.25, 0.3) is 11.1 Å². The van der Waals surface area contributed by atoms with E-state index < -0.39 is 0 Å². The maximum atomic E-state index is 5.82. The zero-order valence-electron chi connectivity index (χ0n) is 10.6. The summed E-state index contributed by atoms with van der Waals surface area (Å²) in [5.74, 6) is 0.936. The van der Waals surface area contributed by atoms with E-state index in [0.29, 0.717) is 6.61 Å². The molecule has 2 aromatic heterocycles. The van der Waals surface area contributed by atoms with Gasteiger partial charge >= 0.3 is 0 Å². The van der Waals surface area contributed by atoms with Gasteiger partial charge in [-0.25, -0.2) is 0 Å². The lowest BCUT2D eigenvalue weighted by molar-refractivity contribution is 0.309. The molecule has 0 aliphatic carbocycles. The highest BCUT2D eigenvalue weighted by Crippen LogP contribution is 2.28. The van der Waals surface area contributed by atoms with Crippen LogP contribution in [0.5, 0.6) is 5.75 Å². The fraction of sp³-hybridized carbons (Fsp3) is 0.125. The smallest absolute Gasteiger partial charge is 0.122 e. The molecular weight excluding hydrogens is 272 g/mol. The van der Waals surface area contributed by atoms with E-state index in [-0.39, 0.29) is 0 Å². The second-order valence-corrected chi connectivity index (χ2v) is 6.19. The highest BCUT2D eigenvalue weighted by atomic mass is 32.1. The third-order valence-corrected chi connectivity index (χ3v) is 4.47. The maximum absolute atomic E-state index is 5.82. The molecule has 3 heteroatoms. The average molecular weight is 286 g/mol. The van der Waals surface area contributed by atoms with Crippen molar-refractivity contribution in [3.05, 3.63) is 63.0 Å². The van der Waals surface area contributed by atoms with E-state index in [1.54, 1.807) is 22.7 Å².